The summed E-state index contributed by atoms with van der Waals surface area (Å²) in [6, 6.07) is 12.7. The van der Waals surface area contributed by atoms with Crippen molar-refractivity contribution in [1.82, 2.24) is 14.5 Å². The molecule has 0 unspecified atom stereocenters. The summed E-state index contributed by atoms with van der Waals surface area (Å²) in [4.78, 5) is 39.2. The highest BCUT2D eigenvalue weighted by Gasteiger charge is 2.38. The molecule has 35 heavy (non-hydrogen) atoms. The van der Waals surface area contributed by atoms with Crippen molar-refractivity contribution in [1.29, 1.82) is 0 Å². The molecule has 11 heteroatoms. The quantitative estimate of drug-likeness (QED) is 0.566. The van der Waals surface area contributed by atoms with Crippen LogP contribution in [0.4, 0.5) is 9.18 Å². The van der Waals surface area contributed by atoms with Crippen molar-refractivity contribution in [2.75, 3.05) is 19.6 Å². The lowest BCUT2D eigenvalue weighted by atomic mass is 10.0. The molecule has 1 N–H and O–H groups in total. The first-order valence-electron chi connectivity index (χ1n) is 11.1. The molecule has 2 heterocycles. The Bertz CT molecular complexity index is 1250. The summed E-state index contributed by atoms with van der Waals surface area (Å²) in [6.07, 6.45) is 3.28. The van der Waals surface area contributed by atoms with Crippen LogP contribution in [-0.2, 0) is 19.6 Å². The molecule has 0 aliphatic carbocycles. The summed E-state index contributed by atoms with van der Waals surface area (Å²) in [5.41, 5.74) is 0.585. The van der Waals surface area contributed by atoms with Crippen LogP contribution >= 0.6 is 11.8 Å². The van der Waals surface area contributed by atoms with Crippen LogP contribution < -0.4 is 5.32 Å². The first kappa shape index (κ1) is 25.1. The minimum absolute atomic E-state index is 0.00355. The van der Waals surface area contributed by atoms with Crippen LogP contribution in [0.5, 0.6) is 0 Å². The Hall–Kier alpha value is -3.02. The number of hydrogen-bond donors (Lipinski definition) is 1. The van der Waals surface area contributed by atoms with Crippen molar-refractivity contribution in [3.63, 3.8) is 0 Å². The Morgan fingerprint density at radius 2 is 1.80 bits per heavy atom. The summed E-state index contributed by atoms with van der Waals surface area (Å²) in [5, 5.41) is 2.21. The highest BCUT2D eigenvalue weighted by molar-refractivity contribution is 8.18. The molecule has 184 valence electrons. The van der Waals surface area contributed by atoms with Gasteiger partial charge in [0.15, 0.2) is 0 Å². The number of carbonyl (C=O) groups excluding carboxylic acids is 3. The second-order valence-corrected chi connectivity index (χ2v) is 11.0. The van der Waals surface area contributed by atoms with Gasteiger partial charge >= 0.3 is 0 Å². The zero-order chi connectivity index (χ0) is 25.0. The molecule has 2 fully saturated rings. The first-order chi connectivity index (χ1) is 16.8. The number of halogens is 1. The predicted molar refractivity (Wildman–Crippen MR) is 130 cm³/mol. The number of sulfonamides is 1. The van der Waals surface area contributed by atoms with Crippen molar-refractivity contribution in [3.05, 3.63) is 70.9 Å². The summed E-state index contributed by atoms with van der Waals surface area (Å²) >= 11 is 0.774. The molecule has 4 rings (SSSR count). The number of amides is 3. The Morgan fingerprint density at radius 1 is 1.09 bits per heavy atom. The van der Waals surface area contributed by atoms with Gasteiger partial charge in [-0.05, 0) is 60.5 Å². The van der Waals surface area contributed by atoms with Gasteiger partial charge in [0.05, 0.1) is 9.80 Å². The van der Waals surface area contributed by atoms with E-state index in [4.69, 9.17) is 0 Å². The summed E-state index contributed by atoms with van der Waals surface area (Å²) in [7, 11) is -3.83. The third kappa shape index (κ3) is 5.63. The van der Waals surface area contributed by atoms with Crippen LogP contribution in [0.2, 0.25) is 0 Å². The average Bonchev–Trinajstić information content (AvgIpc) is 3.13. The third-order valence-corrected chi connectivity index (χ3v) is 8.61. The molecule has 2 aromatic carbocycles. The molecule has 8 nitrogen and oxygen atoms in total. The molecule has 1 atom stereocenters. The van der Waals surface area contributed by atoms with Crippen LogP contribution in [0.25, 0.3) is 6.08 Å². The van der Waals surface area contributed by atoms with E-state index in [9.17, 15) is 27.2 Å². The monoisotopic (exact) mass is 517 g/mol. The normalized spacial score (nSPS) is 20.4. The molecule has 2 aliphatic heterocycles. The lowest BCUT2D eigenvalue weighted by Crippen LogP contribution is -2.52. The molecule has 2 aromatic rings. The third-order valence-electron chi connectivity index (χ3n) is 5.78. The van der Waals surface area contributed by atoms with E-state index in [1.54, 1.807) is 18.2 Å². The van der Waals surface area contributed by atoms with Gasteiger partial charge in [-0.1, -0.05) is 36.8 Å². The van der Waals surface area contributed by atoms with Crippen LogP contribution in [0, 0.1) is 5.82 Å². The molecule has 0 spiro atoms. The highest BCUT2D eigenvalue weighted by Crippen LogP contribution is 2.32. The van der Waals surface area contributed by atoms with E-state index in [1.165, 1.54) is 46.8 Å². The van der Waals surface area contributed by atoms with E-state index in [2.05, 4.69) is 5.32 Å². The number of nitrogens with zero attached hydrogens (tertiary/aromatic N) is 2. The molecule has 0 radical (unpaired) electrons. The van der Waals surface area contributed by atoms with E-state index < -0.39 is 38.9 Å². The maximum absolute atomic E-state index is 13.1. The summed E-state index contributed by atoms with van der Waals surface area (Å²) in [6.45, 7) is 0.193. The second-order valence-electron chi connectivity index (χ2n) is 8.12. The number of hydrogen-bond acceptors (Lipinski definition) is 6. The Kier molecular flexibility index (Phi) is 7.68. The number of imide groups is 1. The van der Waals surface area contributed by atoms with E-state index in [0.29, 0.717) is 18.4 Å². The van der Waals surface area contributed by atoms with Crippen molar-refractivity contribution in [3.8, 4) is 0 Å². The zero-order valence-electron chi connectivity index (χ0n) is 18.7. The Morgan fingerprint density at radius 3 is 2.51 bits per heavy atom. The Balaban J connectivity index is 1.37. The second kappa shape index (κ2) is 10.7. The molecule has 0 saturated carbocycles. The fraction of sp³-hybridized carbons (Fsp3) is 0.292. The van der Waals surface area contributed by atoms with E-state index >= 15 is 0 Å². The molecule has 2 saturated heterocycles. The van der Waals surface area contributed by atoms with Gasteiger partial charge in [0.1, 0.15) is 11.9 Å². The van der Waals surface area contributed by atoms with Gasteiger partial charge in [-0.15, -0.1) is 0 Å². The molecule has 0 aromatic heterocycles. The molecular formula is C24H24FN3O5S2. The molecule has 3 amide bonds. The number of piperidine rings is 1. The Labute approximate surface area is 207 Å². The zero-order valence-corrected chi connectivity index (χ0v) is 20.4. The lowest BCUT2D eigenvalue weighted by molar-refractivity contribution is -0.127. The first-order valence-corrected chi connectivity index (χ1v) is 13.4. The minimum atomic E-state index is -3.83. The largest absolute Gasteiger partial charge is 0.353 e. The van der Waals surface area contributed by atoms with E-state index in [-0.39, 0.29) is 29.4 Å². The van der Waals surface area contributed by atoms with Gasteiger partial charge in [0.2, 0.25) is 15.9 Å². The van der Waals surface area contributed by atoms with Crippen molar-refractivity contribution >= 4 is 44.9 Å². The summed E-state index contributed by atoms with van der Waals surface area (Å²) < 4.78 is 40.5. The van der Waals surface area contributed by atoms with E-state index in [1.807, 2.05) is 0 Å². The van der Waals surface area contributed by atoms with Crippen LogP contribution in [-0.4, -0.2) is 60.4 Å². The SMILES string of the molecule is O=C(NCCN1C(=O)S/C(=C/c2ccc(F)cc2)C1=O)[C@@H]1CCCCN1S(=O)(=O)c1ccccc1. The average molecular weight is 518 g/mol. The van der Waals surface area contributed by atoms with Crippen LogP contribution in [0.15, 0.2) is 64.4 Å². The van der Waals surface area contributed by atoms with Crippen molar-refractivity contribution < 1.29 is 27.2 Å². The maximum atomic E-state index is 13.1. The minimum Gasteiger partial charge on any atom is -0.353 e. The highest BCUT2D eigenvalue weighted by atomic mass is 32.2. The van der Waals surface area contributed by atoms with Gasteiger partial charge < -0.3 is 5.32 Å². The van der Waals surface area contributed by atoms with Gasteiger partial charge in [0, 0.05) is 19.6 Å². The van der Waals surface area contributed by atoms with Crippen molar-refractivity contribution in [2.45, 2.75) is 30.2 Å². The number of benzene rings is 2. The van der Waals surface area contributed by atoms with Crippen LogP contribution in [0.3, 0.4) is 0 Å². The topological polar surface area (TPSA) is 104 Å². The number of carbonyl (C=O) groups is 3. The fourth-order valence-electron chi connectivity index (χ4n) is 3.99. The van der Waals surface area contributed by atoms with Gasteiger partial charge in [0.25, 0.3) is 11.1 Å². The number of rotatable bonds is 7. The summed E-state index contributed by atoms with van der Waals surface area (Å²) in [5.74, 6) is -1.36. The molecule has 2 aliphatic rings. The van der Waals surface area contributed by atoms with Gasteiger partial charge in [-0.3, -0.25) is 19.3 Å². The van der Waals surface area contributed by atoms with E-state index in [0.717, 1.165) is 23.1 Å². The maximum Gasteiger partial charge on any atom is 0.293 e. The number of nitrogens with one attached hydrogen (secondary N) is 1. The lowest BCUT2D eigenvalue weighted by Gasteiger charge is -2.33. The van der Waals surface area contributed by atoms with Crippen molar-refractivity contribution in [2.24, 2.45) is 0 Å². The fourth-order valence-corrected chi connectivity index (χ4v) is 6.54. The smallest absolute Gasteiger partial charge is 0.293 e. The van der Waals surface area contributed by atoms with Gasteiger partial charge in [-0.25, -0.2) is 12.8 Å². The standard InChI is InChI=1S/C24H24FN3O5S2/c25-18-11-9-17(10-12-18)16-21-23(30)27(24(31)34-21)15-13-26-22(29)20-8-4-5-14-28(20)35(32,33)19-6-2-1-3-7-19/h1-3,6-7,9-12,16,20H,4-5,8,13-15H2,(H,26,29)/b21-16+/t20-/m0/s1. The predicted octanol–water partition coefficient (Wildman–Crippen LogP) is 3.22. The molecule has 0 bridgehead atoms. The van der Waals surface area contributed by atoms with Gasteiger partial charge in [-0.2, -0.15) is 4.31 Å². The molecular weight excluding hydrogens is 493 g/mol. The van der Waals surface area contributed by atoms with Crippen LogP contribution in [0.1, 0.15) is 24.8 Å². The number of thioether (sulfide) groups is 1.